The van der Waals surface area contributed by atoms with E-state index in [2.05, 4.69) is 10.3 Å². The molecule has 1 N–H and O–H groups in total. The Balaban J connectivity index is 1.64. The van der Waals surface area contributed by atoms with Gasteiger partial charge in [-0.05, 0) is 49.2 Å². The number of aromatic nitrogens is 2. The summed E-state index contributed by atoms with van der Waals surface area (Å²) >= 11 is 0. The number of nitrogens with one attached hydrogen (secondary N) is 1. The number of para-hydroxylation sites is 1. The van der Waals surface area contributed by atoms with E-state index in [0.717, 1.165) is 22.5 Å². The van der Waals surface area contributed by atoms with Gasteiger partial charge >= 0.3 is 0 Å². The number of hydrogen-bond donors (Lipinski definition) is 1. The number of carbonyl (C=O) groups excluding carboxylic acids is 2. The summed E-state index contributed by atoms with van der Waals surface area (Å²) in [5, 5.41) is 2.90. The van der Waals surface area contributed by atoms with Crippen LogP contribution in [-0.2, 0) is 4.79 Å². The summed E-state index contributed by atoms with van der Waals surface area (Å²) in [6.45, 7) is 3.87. The Kier molecular flexibility index (Phi) is 5.35. The van der Waals surface area contributed by atoms with Crippen molar-refractivity contribution in [3.05, 3.63) is 77.9 Å². The second kappa shape index (κ2) is 7.86. The van der Waals surface area contributed by atoms with Gasteiger partial charge in [0.25, 0.3) is 5.91 Å². The summed E-state index contributed by atoms with van der Waals surface area (Å²) in [5.74, 6) is -0.429. The first-order valence-electron chi connectivity index (χ1n) is 8.65. The van der Waals surface area contributed by atoms with Crippen molar-refractivity contribution in [2.45, 2.75) is 13.8 Å². The minimum Gasteiger partial charge on any atom is -0.332 e. The summed E-state index contributed by atoms with van der Waals surface area (Å²) in [7, 11) is 1.62. The standard InChI is InChI=1S/C21H22N4O2/c1-15-5-4-6-16(2)20(15)23-19(26)13-24(3)21(27)17-7-9-18(10-8-17)25-12-11-22-14-25/h4-12,14H,13H2,1-3H3,(H,23,26). The topological polar surface area (TPSA) is 67.2 Å². The molecule has 2 amide bonds. The van der Waals surface area contributed by atoms with Crippen molar-refractivity contribution >= 4 is 17.5 Å². The molecule has 0 bridgehead atoms. The van der Waals surface area contributed by atoms with Crippen molar-refractivity contribution in [1.82, 2.24) is 14.5 Å². The molecule has 0 aliphatic carbocycles. The molecule has 138 valence electrons. The number of aryl methyl sites for hydroxylation is 2. The zero-order valence-electron chi connectivity index (χ0n) is 15.6. The Hall–Kier alpha value is -3.41. The van der Waals surface area contributed by atoms with Crippen LogP contribution in [0.1, 0.15) is 21.5 Å². The fourth-order valence-electron chi connectivity index (χ4n) is 2.89. The van der Waals surface area contributed by atoms with Crippen LogP contribution in [0.15, 0.2) is 61.2 Å². The van der Waals surface area contributed by atoms with Gasteiger partial charge in [-0.25, -0.2) is 4.98 Å². The largest absolute Gasteiger partial charge is 0.332 e. The van der Waals surface area contributed by atoms with Gasteiger partial charge in [0.05, 0.1) is 12.9 Å². The lowest BCUT2D eigenvalue weighted by Gasteiger charge is -2.18. The van der Waals surface area contributed by atoms with Crippen LogP contribution < -0.4 is 5.32 Å². The number of rotatable bonds is 5. The molecule has 0 saturated carbocycles. The van der Waals surface area contributed by atoms with Gasteiger partial charge in [-0.1, -0.05) is 18.2 Å². The van der Waals surface area contributed by atoms with E-state index in [1.165, 1.54) is 4.90 Å². The van der Waals surface area contributed by atoms with E-state index >= 15 is 0 Å². The fraction of sp³-hybridized carbons (Fsp3) is 0.190. The monoisotopic (exact) mass is 362 g/mol. The summed E-state index contributed by atoms with van der Waals surface area (Å²) in [5.41, 5.74) is 4.23. The Morgan fingerprint density at radius 2 is 1.74 bits per heavy atom. The van der Waals surface area contributed by atoms with Crippen molar-refractivity contribution < 1.29 is 9.59 Å². The molecule has 0 unspecified atom stereocenters. The highest BCUT2D eigenvalue weighted by atomic mass is 16.2. The molecule has 3 rings (SSSR count). The zero-order valence-corrected chi connectivity index (χ0v) is 15.6. The van der Waals surface area contributed by atoms with Gasteiger partial charge in [-0.2, -0.15) is 0 Å². The Morgan fingerprint density at radius 1 is 1.07 bits per heavy atom. The number of hydrogen-bond acceptors (Lipinski definition) is 3. The van der Waals surface area contributed by atoms with E-state index in [1.807, 2.05) is 54.9 Å². The molecule has 0 spiro atoms. The molecule has 0 atom stereocenters. The number of likely N-dealkylation sites (N-methyl/N-ethyl adjacent to an activating group) is 1. The highest BCUT2D eigenvalue weighted by molar-refractivity contribution is 5.99. The lowest BCUT2D eigenvalue weighted by atomic mass is 10.1. The number of carbonyl (C=O) groups is 2. The van der Waals surface area contributed by atoms with Gasteiger partial charge in [0.2, 0.25) is 5.91 Å². The van der Waals surface area contributed by atoms with Gasteiger partial charge in [0.1, 0.15) is 0 Å². The normalized spacial score (nSPS) is 10.5. The third-order valence-electron chi connectivity index (χ3n) is 4.39. The number of benzene rings is 2. The number of nitrogens with zero attached hydrogens (tertiary/aromatic N) is 3. The van der Waals surface area contributed by atoms with Crippen molar-refractivity contribution in [2.24, 2.45) is 0 Å². The van der Waals surface area contributed by atoms with Crippen molar-refractivity contribution in [3.8, 4) is 5.69 Å². The molecule has 6 nitrogen and oxygen atoms in total. The van der Waals surface area contributed by atoms with E-state index in [1.54, 1.807) is 31.7 Å². The van der Waals surface area contributed by atoms with Crippen LogP contribution in [0.4, 0.5) is 5.69 Å². The maximum Gasteiger partial charge on any atom is 0.254 e. The van der Waals surface area contributed by atoms with E-state index < -0.39 is 0 Å². The average molecular weight is 362 g/mol. The molecular weight excluding hydrogens is 340 g/mol. The smallest absolute Gasteiger partial charge is 0.254 e. The molecule has 0 aliphatic heterocycles. The van der Waals surface area contributed by atoms with Crippen LogP contribution >= 0.6 is 0 Å². The third-order valence-corrected chi connectivity index (χ3v) is 4.39. The molecule has 6 heteroatoms. The lowest BCUT2D eigenvalue weighted by Crippen LogP contribution is -2.35. The van der Waals surface area contributed by atoms with Gasteiger partial charge in [-0.3, -0.25) is 9.59 Å². The first-order valence-corrected chi connectivity index (χ1v) is 8.65. The van der Waals surface area contributed by atoms with E-state index in [0.29, 0.717) is 5.56 Å². The molecular formula is C21H22N4O2. The predicted molar refractivity (Wildman–Crippen MR) is 105 cm³/mol. The maximum atomic E-state index is 12.6. The highest BCUT2D eigenvalue weighted by Crippen LogP contribution is 2.19. The van der Waals surface area contributed by atoms with E-state index in [4.69, 9.17) is 0 Å². The maximum absolute atomic E-state index is 12.6. The molecule has 27 heavy (non-hydrogen) atoms. The van der Waals surface area contributed by atoms with Crippen LogP contribution in [0.2, 0.25) is 0 Å². The Morgan fingerprint density at radius 3 is 2.33 bits per heavy atom. The second-order valence-electron chi connectivity index (χ2n) is 6.49. The first-order chi connectivity index (χ1) is 13.0. The number of amides is 2. The quantitative estimate of drug-likeness (QED) is 0.758. The van der Waals surface area contributed by atoms with Crippen LogP contribution in [0, 0.1) is 13.8 Å². The number of anilines is 1. The molecule has 0 fully saturated rings. The minimum atomic E-state index is -0.224. The van der Waals surface area contributed by atoms with E-state index in [-0.39, 0.29) is 18.4 Å². The zero-order chi connectivity index (χ0) is 19.4. The summed E-state index contributed by atoms with van der Waals surface area (Å²) in [4.78, 5) is 30.4. The van der Waals surface area contributed by atoms with Crippen LogP contribution in [0.25, 0.3) is 5.69 Å². The summed E-state index contributed by atoms with van der Waals surface area (Å²) in [6.07, 6.45) is 5.23. The van der Waals surface area contributed by atoms with Crippen LogP contribution in [0.5, 0.6) is 0 Å². The third kappa shape index (κ3) is 4.23. The number of imidazole rings is 1. The van der Waals surface area contributed by atoms with Crippen molar-refractivity contribution in [3.63, 3.8) is 0 Å². The fourth-order valence-corrected chi connectivity index (χ4v) is 2.89. The summed E-state index contributed by atoms with van der Waals surface area (Å²) in [6, 6.07) is 13.0. The minimum absolute atomic E-state index is 0.0180. The van der Waals surface area contributed by atoms with Crippen molar-refractivity contribution in [1.29, 1.82) is 0 Å². The molecule has 0 radical (unpaired) electrons. The first kappa shape index (κ1) is 18.4. The van der Waals surface area contributed by atoms with Gasteiger partial charge in [0, 0.05) is 36.4 Å². The van der Waals surface area contributed by atoms with Gasteiger partial charge in [0.15, 0.2) is 0 Å². The van der Waals surface area contributed by atoms with Gasteiger partial charge in [-0.15, -0.1) is 0 Å². The van der Waals surface area contributed by atoms with Crippen molar-refractivity contribution in [2.75, 3.05) is 18.9 Å². The van der Waals surface area contributed by atoms with Crippen LogP contribution in [-0.4, -0.2) is 39.9 Å². The molecule has 0 saturated heterocycles. The molecule has 2 aromatic carbocycles. The average Bonchev–Trinajstić information content (AvgIpc) is 3.19. The van der Waals surface area contributed by atoms with Gasteiger partial charge < -0.3 is 14.8 Å². The molecule has 3 aromatic rings. The summed E-state index contributed by atoms with van der Waals surface area (Å²) < 4.78 is 1.86. The Bertz CT molecular complexity index is 927. The molecule has 0 aliphatic rings. The lowest BCUT2D eigenvalue weighted by molar-refractivity contribution is -0.116. The second-order valence-corrected chi connectivity index (χ2v) is 6.49. The molecule has 1 heterocycles. The highest BCUT2D eigenvalue weighted by Gasteiger charge is 2.16. The predicted octanol–water partition coefficient (Wildman–Crippen LogP) is 3.20. The SMILES string of the molecule is Cc1cccc(C)c1NC(=O)CN(C)C(=O)c1ccc(-n2ccnc2)cc1. The van der Waals surface area contributed by atoms with Crippen LogP contribution in [0.3, 0.4) is 0 Å². The molecule has 1 aromatic heterocycles. The van der Waals surface area contributed by atoms with E-state index in [9.17, 15) is 9.59 Å². The Labute approximate surface area is 158 Å².